The topological polar surface area (TPSA) is 86.9 Å². The molecule has 22 heavy (non-hydrogen) atoms. The lowest BCUT2D eigenvalue weighted by atomic mass is 10.2. The lowest BCUT2D eigenvalue weighted by Gasteiger charge is -2.12. The Morgan fingerprint density at radius 3 is 2.64 bits per heavy atom. The predicted octanol–water partition coefficient (Wildman–Crippen LogP) is 1.94. The molecule has 3 rings (SSSR count). The number of hydrogen-bond donors (Lipinski definition) is 3. The zero-order chi connectivity index (χ0) is 15.7. The molecule has 0 radical (unpaired) electrons. The lowest BCUT2D eigenvalue weighted by Crippen LogP contribution is -2.22. The van der Waals surface area contributed by atoms with E-state index in [1.807, 2.05) is 13.0 Å². The van der Waals surface area contributed by atoms with E-state index in [1.165, 1.54) is 16.5 Å². The normalized spacial score (nSPS) is 10.8. The van der Waals surface area contributed by atoms with Gasteiger partial charge in [-0.05, 0) is 42.8 Å². The van der Waals surface area contributed by atoms with Crippen LogP contribution in [0.4, 0.5) is 11.5 Å². The second kappa shape index (κ2) is 5.50. The van der Waals surface area contributed by atoms with Gasteiger partial charge in [0.2, 0.25) is 0 Å². The molecule has 1 aromatic carbocycles. The molecule has 0 fully saturated rings. The minimum atomic E-state index is -0.414. The van der Waals surface area contributed by atoms with Crippen molar-refractivity contribution in [3.8, 4) is 5.75 Å². The van der Waals surface area contributed by atoms with Gasteiger partial charge in [0, 0.05) is 11.9 Å². The van der Waals surface area contributed by atoms with Crippen molar-refractivity contribution < 1.29 is 10.2 Å². The summed E-state index contributed by atoms with van der Waals surface area (Å²) in [5.74, 6) is 0.461. The van der Waals surface area contributed by atoms with E-state index in [1.54, 1.807) is 24.4 Å². The first-order valence-electron chi connectivity index (χ1n) is 6.78. The van der Waals surface area contributed by atoms with Crippen LogP contribution in [0.2, 0.25) is 0 Å². The average molecular weight is 297 g/mol. The van der Waals surface area contributed by atoms with E-state index in [0.29, 0.717) is 17.2 Å². The van der Waals surface area contributed by atoms with Crippen LogP contribution in [0.1, 0.15) is 11.1 Å². The zero-order valence-corrected chi connectivity index (χ0v) is 11.9. The third-order valence-electron chi connectivity index (χ3n) is 3.43. The number of rotatable bonds is 3. The summed E-state index contributed by atoms with van der Waals surface area (Å²) >= 11 is 0. The van der Waals surface area contributed by atoms with Gasteiger partial charge in [0.25, 0.3) is 5.56 Å². The number of anilines is 2. The second-order valence-electron chi connectivity index (χ2n) is 4.96. The number of aromatic nitrogens is 2. The number of pyridine rings is 1. The van der Waals surface area contributed by atoms with Crippen LogP contribution >= 0.6 is 0 Å². The van der Waals surface area contributed by atoms with Crippen LogP contribution in [0.15, 0.2) is 47.4 Å². The third kappa shape index (κ3) is 2.40. The van der Waals surface area contributed by atoms with E-state index in [0.717, 1.165) is 5.56 Å². The number of benzene rings is 1. The van der Waals surface area contributed by atoms with E-state index in [9.17, 15) is 15.0 Å². The summed E-state index contributed by atoms with van der Waals surface area (Å²) in [5.41, 5.74) is 1.94. The Balaban J connectivity index is 2.17. The van der Waals surface area contributed by atoms with Crippen molar-refractivity contribution in [1.82, 2.24) is 9.38 Å². The van der Waals surface area contributed by atoms with Gasteiger partial charge in [-0.1, -0.05) is 6.07 Å². The summed E-state index contributed by atoms with van der Waals surface area (Å²) in [6.07, 6.45) is 1.63. The minimum absolute atomic E-state index is 0.148. The molecular weight excluding hydrogens is 282 g/mol. The van der Waals surface area contributed by atoms with Crippen molar-refractivity contribution in [2.24, 2.45) is 0 Å². The Morgan fingerprint density at radius 2 is 1.95 bits per heavy atom. The third-order valence-corrected chi connectivity index (χ3v) is 3.43. The maximum atomic E-state index is 12.5. The van der Waals surface area contributed by atoms with Crippen molar-refractivity contribution in [2.75, 3.05) is 5.32 Å². The SMILES string of the molecule is Cc1cccn2c(=O)c(CO)c(Nc3ccc(O)cc3)nc12. The summed E-state index contributed by atoms with van der Waals surface area (Å²) in [6, 6.07) is 10.0. The predicted molar refractivity (Wildman–Crippen MR) is 83.5 cm³/mol. The largest absolute Gasteiger partial charge is 0.508 e. The summed E-state index contributed by atoms with van der Waals surface area (Å²) in [7, 11) is 0. The molecule has 0 aliphatic heterocycles. The highest BCUT2D eigenvalue weighted by Gasteiger charge is 2.13. The molecule has 6 nitrogen and oxygen atoms in total. The Hall–Kier alpha value is -2.86. The summed E-state index contributed by atoms with van der Waals surface area (Å²) in [6.45, 7) is 1.45. The van der Waals surface area contributed by atoms with Gasteiger partial charge in [0.15, 0.2) is 0 Å². The van der Waals surface area contributed by atoms with Gasteiger partial charge in [-0.25, -0.2) is 4.98 Å². The van der Waals surface area contributed by atoms with E-state index in [4.69, 9.17) is 0 Å². The molecule has 2 aromatic heterocycles. The number of aromatic hydroxyl groups is 1. The maximum absolute atomic E-state index is 12.5. The average Bonchev–Trinajstić information content (AvgIpc) is 2.51. The van der Waals surface area contributed by atoms with Crippen LogP contribution in [-0.4, -0.2) is 19.6 Å². The molecule has 0 bridgehead atoms. The Kier molecular flexibility index (Phi) is 3.52. The molecule has 6 heteroatoms. The molecule has 0 amide bonds. The van der Waals surface area contributed by atoms with Gasteiger partial charge in [-0.2, -0.15) is 0 Å². The van der Waals surface area contributed by atoms with E-state index < -0.39 is 6.61 Å². The lowest BCUT2D eigenvalue weighted by molar-refractivity contribution is 0.280. The summed E-state index contributed by atoms with van der Waals surface area (Å²) < 4.78 is 1.42. The van der Waals surface area contributed by atoms with Crippen molar-refractivity contribution >= 4 is 17.2 Å². The number of nitrogens with one attached hydrogen (secondary N) is 1. The van der Waals surface area contributed by atoms with Gasteiger partial charge in [0.05, 0.1) is 12.2 Å². The van der Waals surface area contributed by atoms with Crippen LogP contribution < -0.4 is 10.9 Å². The molecular formula is C16H15N3O3. The van der Waals surface area contributed by atoms with Crippen molar-refractivity contribution in [3.63, 3.8) is 0 Å². The number of nitrogens with zero attached hydrogens (tertiary/aromatic N) is 2. The first-order valence-corrected chi connectivity index (χ1v) is 6.78. The number of hydrogen-bond acceptors (Lipinski definition) is 5. The number of aliphatic hydroxyl groups is 1. The Morgan fingerprint density at radius 1 is 1.23 bits per heavy atom. The molecule has 2 heterocycles. The van der Waals surface area contributed by atoms with E-state index >= 15 is 0 Å². The molecule has 0 aliphatic carbocycles. The highest BCUT2D eigenvalue weighted by molar-refractivity contribution is 5.63. The zero-order valence-electron chi connectivity index (χ0n) is 11.9. The highest BCUT2D eigenvalue weighted by Crippen LogP contribution is 2.20. The van der Waals surface area contributed by atoms with Gasteiger partial charge < -0.3 is 15.5 Å². The van der Waals surface area contributed by atoms with Gasteiger partial charge >= 0.3 is 0 Å². The quantitative estimate of drug-likeness (QED) is 0.643. The standard InChI is InChI=1S/C16H15N3O3/c1-10-3-2-8-19-15(10)18-14(13(9-20)16(19)22)17-11-4-6-12(21)7-5-11/h2-8,17,20-21H,9H2,1H3. The number of phenolic OH excluding ortho intramolecular Hbond substituents is 1. The van der Waals surface area contributed by atoms with Crippen molar-refractivity contribution in [2.45, 2.75) is 13.5 Å². The molecule has 0 atom stereocenters. The number of phenols is 1. The molecule has 112 valence electrons. The van der Waals surface area contributed by atoms with Crippen LogP contribution in [-0.2, 0) is 6.61 Å². The van der Waals surface area contributed by atoms with Gasteiger partial charge in [-0.15, -0.1) is 0 Å². The molecule has 0 saturated heterocycles. The monoisotopic (exact) mass is 297 g/mol. The minimum Gasteiger partial charge on any atom is -0.508 e. The fraction of sp³-hybridized carbons (Fsp3) is 0.125. The van der Waals surface area contributed by atoms with Crippen LogP contribution in [0.3, 0.4) is 0 Å². The van der Waals surface area contributed by atoms with Crippen LogP contribution in [0.5, 0.6) is 5.75 Å². The number of aliphatic hydroxyl groups excluding tert-OH is 1. The molecule has 0 aliphatic rings. The first kappa shape index (κ1) is 14.1. The highest BCUT2D eigenvalue weighted by atomic mass is 16.3. The first-order chi connectivity index (χ1) is 10.6. The smallest absolute Gasteiger partial charge is 0.265 e. The number of fused-ring (bicyclic) bond motifs is 1. The van der Waals surface area contributed by atoms with Crippen molar-refractivity contribution in [3.05, 3.63) is 64.1 Å². The summed E-state index contributed by atoms with van der Waals surface area (Å²) in [4.78, 5) is 16.9. The van der Waals surface area contributed by atoms with Crippen molar-refractivity contribution in [1.29, 1.82) is 0 Å². The van der Waals surface area contributed by atoms with E-state index in [-0.39, 0.29) is 16.9 Å². The molecule has 3 N–H and O–H groups in total. The van der Waals surface area contributed by atoms with Crippen LogP contribution in [0.25, 0.3) is 5.65 Å². The maximum Gasteiger partial charge on any atom is 0.265 e. The molecule has 0 unspecified atom stereocenters. The van der Waals surface area contributed by atoms with E-state index in [2.05, 4.69) is 10.3 Å². The van der Waals surface area contributed by atoms with Gasteiger partial charge in [0.1, 0.15) is 17.2 Å². The molecule has 0 saturated carbocycles. The summed E-state index contributed by atoms with van der Waals surface area (Å²) in [5, 5.41) is 21.8. The second-order valence-corrected chi connectivity index (χ2v) is 4.96. The number of aryl methyl sites for hydroxylation is 1. The fourth-order valence-corrected chi connectivity index (χ4v) is 2.26. The van der Waals surface area contributed by atoms with Gasteiger partial charge in [-0.3, -0.25) is 9.20 Å². The molecule has 3 aromatic rings. The molecule has 0 spiro atoms. The fourth-order valence-electron chi connectivity index (χ4n) is 2.26. The Bertz CT molecular complexity index is 886. The Labute approximate surface area is 126 Å². The van der Waals surface area contributed by atoms with Crippen LogP contribution in [0, 0.1) is 6.92 Å².